The maximum Gasteiger partial charge on any atom is 0.334 e. The third kappa shape index (κ3) is 5.17. The highest BCUT2D eigenvalue weighted by atomic mass is 16.9. The first-order valence-corrected chi connectivity index (χ1v) is 2.84. The second-order valence-electron chi connectivity index (χ2n) is 1.80. The van der Waals surface area contributed by atoms with E-state index < -0.39 is 28.7 Å². The zero-order valence-corrected chi connectivity index (χ0v) is 6.08. The maximum atomic E-state index is 10.2. The lowest BCUT2D eigenvalue weighted by Crippen LogP contribution is -2.44. The summed E-state index contributed by atoms with van der Waals surface area (Å²) in [7, 11) is 0. The highest BCUT2D eigenvalue weighted by molar-refractivity contribution is 5.73. The van der Waals surface area contributed by atoms with Crippen LogP contribution in [0.1, 0.15) is 0 Å². The zero-order valence-electron chi connectivity index (χ0n) is 6.08. The third-order valence-corrected chi connectivity index (χ3v) is 0.906. The van der Waals surface area contributed by atoms with Gasteiger partial charge in [0.1, 0.15) is 6.61 Å². The van der Waals surface area contributed by atoms with Gasteiger partial charge in [0.05, 0.1) is 0 Å². The molecule has 1 atom stereocenters. The van der Waals surface area contributed by atoms with Gasteiger partial charge in [0, 0.05) is 0 Å². The van der Waals surface area contributed by atoms with Crippen molar-refractivity contribution in [2.75, 3.05) is 6.61 Å². The molecule has 0 aliphatic rings. The fourth-order valence-corrected chi connectivity index (χ4v) is 0.426. The van der Waals surface area contributed by atoms with Crippen LogP contribution in [0.4, 0.5) is 0 Å². The molecule has 10 heteroatoms. The van der Waals surface area contributed by atoms with Crippen molar-refractivity contribution in [1.82, 2.24) is 5.43 Å². The van der Waals surface area contributed by atoms with Crippen LogP contribution in [-0.4, -0.2) is 33.8 Å². The summed E-state index contributed by atoms with van der Waals surface area (Å²) in [5.41, 5.74) is 1.33. The molecule has 0 radical (unpaired) electrons. The summed E-state index contributed by atoms with van der Waals surface area (Å²) in [6.45, 7) is -0.927. The van der Waals surface area contributed by atoms with E-state index in [1.807, 2.05) is 0 Å². The number of rotatable bonds is 6. The Morgan fingerprint density at radius 2 is 2.08 bits per heavy atom. The van der Waals surface area contributed by atoms with Gasteiger partial charge in [0.2, 0.25) is 6.04 Å². The number of aliphatic carboxylic acids is 1. The summed E-state index contributed by atoms with van der Waals surface area (Å²) in [5.74, 6) is -1.61. The van der Waals surface area contributed by atoms with Crippen LogP contribution in [0, 0.1) is 20.2 Å². The van der Waals surface area contributed by atoms with Gasteiger partial charge in [-0.3, -0.25) is 0 Å². The van der Waals surface area contributed by atoms with E-state index in [0.29, 0.717) is 0 Å². The molecular weight excluding hydrogens is 190 g/mol. The summed E-state index contributed by atoms with van der Waals surface area (Å²) in [4.78, 5) is 33.2. The largest absolute Gasteiger partial charge is 0.480 e. The molecule has 10 nitrogen and oxygen atoms in total. The van der Waals surface area contributed by atoms with E-state index in [0.717, 1.165) is 0 Å². The molecule has 0 saturated carbocycles. The minimum Gasteiger partial charge on any atom is -0.480 e. The van der Waals surface area contributed by atoms with Crippen LogP contribution in [-0.2, 0) is 9.63 Å². The summed E-state index contributed by atoms with van der Waals surface area (Å²) in [5, 5.41) is 25.3. The predicted octanol–water partition coefficient (Wildman–Crippen LogP) is -1.57. The standard InChI is InChI=1S/C3H5N3O7/c7-3(8)2(4-5(9)10)1-13-6(11)12/h2,4H,1H2,(H,7,8)/t2-/m0/s1. The lowest BCUT2D eigenvalue weighted by molar-refractivity contribution is -0.759. The fraction of sp³-hybridized carbons (Fsp3) is 0.667. The molecule has 0 bridgehead atoms. The first kappa shape index (κ1) is 10.9. The number of hydrazine groups is 1. The first-order valence-electron chi connectivity index (χ1n) is 2.84. The lowest BCUT2D eigenvalue weighted by Gasteiger charge is -2.06. The molecule has 0 rings (SSSR count). The Kier molecular flexibility index (Phi) is 3.92. The maximum absolute atomic E-state index is 10.2. The molecule has 74 valence electrons. The Morgan fingerprint density at radius 3 is 2.38 bits per heavy atom. The number of carbonyl (C=O) groups is 1. The molecule has 0 saturated heterocycles. The van der Waals surface area contributed by atoms with E-state index in [4.69, 9.17) is 5.11 Å². The second-order valence-corrected chi connectivity index (χ2v) is 1.80. The van der Waals surface area contributed by atoms with Crippen molar-refractivity contribution >= 4 is 5.97 Å². The van der Waals surface area contributed by atoms with E-state index in [2.05, 4.69) is 4.84 Å². The van der Waals surface area contributed by atoms with Crippen molar-refractivity contribution in [2.24, 2.45) is 0 Å². The molecule has 2 N–H and O–H groups in total. The Bertz CT molecular complexity index is 227. The van der Waals surface area contributed by atoms with Gasteiger partial charge in [0.15, 0.2) is 5.03 Å². The van der Waals surface area contributed by atoms with Crippen molar-refractivity contribution in [1.29, 1.82) is 0 Å². The number of carboxylic acid groups (broad SMARTS) is 1. The van der Waals surface area contributed by atoms with Gasteiger partial charge < -0.3 is 9.94 Å². The van der Waals surface area contributed by atoms with Crippen molar-refractivity contribution in [3.05, 3.63) is 20.2 Å². The second kappa shape index (κ2) is 4.69. The summed E-state index contributed by atoms with van der Waals surface area (Å²) >= 11 is 0. The van der Waals surface area contributed by atoms with Gasteiger partial charge in [-0.15, -0.1) is 15.5 Å². The van der Waals surface area contributed by atoms with E-state index in [1.165, 1.54) is 5.43 Å². The van der Waals surface area contributed by atoms with Gasteiger partial charge in [-0.2, -0.15) is 0 Å². The van der Waals surface area contributed by atoms with Crippen molar-refractivity contribution in [2.45, 2.75) is 6.04 Å². The quantitative estimate of drug-likeness (QED) is 0.381. The molecule has 0 spiro atoms. The molecule has 13 heavy (non-hydrogen) atoms. The number of nitro groups is 1. The molecule has 0 aromatic heterocycles. The molecular formula is C3H5N3O7. The number of hydrogen-bond donors (Lipinski definition) is 2. The Balaban J connectivity index is 4.02. The molecule has 0 heterocycles. The molecule has 0 aliphatic carbocycles. The van der Waals surface area contributed by atoms with Gasteiger partial charge in [-0.1, -0.05) is 0 Å². The monoisotopic (exact) mass is 195 g/mol. The van der Waals surface area contributed by atoms with Gasteiger partial charge in [-0.25, -0.2) is 14.9 Å². The van der Waals surface area contributed by atoms with Gasteiger partial charge >= 0.3 is 5.97 Å². The Morgan fingerprint density at radius 1 is 1.54 bits per heavy atom. The van der Waals surface area contributed by atoms with Crippen molar-refractivity contribution in [3.63, 3.8) is 0 Å². The van der Waals surface area contributed by atoms with Crippen LogP contribution in [0.3, 0.4) is 0 Å². The Labute approximate surface area is 70.3 Å². The summed E-state index contributed by atoms with van der Waals surface area (Å²) in [6.07, 6.45) is 0. The fourth-order valence-electron chi connectivity index (χ4n) is 0.426. The topological polar surface area (TPSA) is 145 Å². The number of carboxylic acids is 1. The smallest absolute Gasteiger partial charge is 0.334 e. The van der Waals surface area contributed by atoms with Crippen LogP contribution in [0.15, 0.2) is 0 Å². The number of nitrogens with zero attached hydrogens (tertiary/aromatic N) is 2. The third-order valence-electron chi connectivity index (χ3n) is 0.906. The van der Waals surface area contributed by atoms with Crippen LogP contribution in [0.25, 0.3) is 0 Å². The summed E-state index contributed by atoms with van der Waals surface area (Å²) < 4.78 is 0. The number of nitrogens with one attached hydrogen (secondary N) is 1. The highest BCUT2D eigenvalue weighted by Crippen LogP contribution is 1.86. The normalized spacial score (nSPS) is 11.4. The van der Waals surface area contributed by atoms with Crippen LogP contribution >= 0.6 is 0 Å². The van der Waals surface area contributed by atoms with Crippen molar-refractivity contribution < 1.29 is 24.9 Å². The van der Waals surface area contributed by atoms with Crippen LogP contribution in [0.5, 0.6) is 0 Å². The molecule has 0 aromatic carbocycles. The van der Waals surface area contributed by atoms with E-state index in [9.17, 15) is 25.0 Å². The molecule has 0 aromatic rings. The zero-order chi connectivity index (χ0) is 10.4. The summed E-state index contributed by atoms with van der Waals surface area (Å²) in [6, 6.07) is -1.75. The first-order chi connectivity index (χ1) is 5.93. The van der Waals surface area contributed by atoms with Gasteiger partial charge in [0.25, 0.3) is 5.09 Å². The van der Waals surface area contributed by atoms with Crippen LogP contribution in [0.2, 0.25) is 0 Å². The molecule has 0 unspecified atom stereocenters. The van der Waals surface area contributed by atoms with E-state index >= 15 is 0 Å². The Hall–Kier alpha value is -2.13. The lowest BCUT2D eigenvalue weighted by atomic mass is 10.3. The average molecular weight is 195 g/mol. The van der Waals surface area contributed by atoms with Crippen LogP contribution < -0.4 is 5.43 Å². The highest BCUT2D eigenvalue weighted by Gasteiger charge is 2.23. The van der Waals surface area contributed by atoms with E-state index in [1.54, 1.807) is 0 Å². The van der Waals surface area contributed by atoms with Gasteiger partial charge in [-0.05, 0) is 0 Å². The molecule has 0 aliphatic heterocycles. The molecule has 0 amide bonds. The molecule has 0 fully saturated rings. The van der Waals surface area contributed by atoms with Crippen molar-refractivity contribution in [3.8, 4) is 0 Å². The number of hydrogen-bond acceptors (Lipinski definition) is 6. The minimum atomic E-state index is -1.75. The SMILES string of the molecule is O=C(O)[C@H](CO[N+](=O)[O-])N[N+](=O)[O-]. The van der Waals surface area contributed by atoms with E-state index in [-0.39, 0.29) is 0 Å². The predicted molar refractivity (Wildman–Crippen MR) is 34.5 cm³/mol. The minimum absolute atomic E-state index is 0.927. The average Bonchev–Trinajstić information content (AvgIpc) is 1.96.